The van der Waals surface area contributed by atoms with Crippen LogP contribution >= 0.6 is 0 Å². The summed E-state index contributed by atoms with van der Waals surface area (Å²) in [7, 11) is 6.34. The number of imide groups is 1. The number of methoxy groups -OCH3 is 2. The number of carbonyl (C=O) groups excluding carboxylic acids is 2. The lowest BCUT2D eigenvalue weighted by Crippen LogP contribution is -2.61. The van der Waals surface area contributed by atoms with Gasteiger partial charge in [0.25, 0.3) is 5.91 Å². The zero-order valence-corrected chi connectivity index (χ0v) is 15.1. The molecule has 136 valence electrons. The largest absolute Gasteiger partial charge is 0.497 e. The highest BCUT2D eigenvalue weighted by atomic mass is 16.5. The summed E-state index contributed by atoms with van der Waals surface area (Å²) in [4.78, 5) is 34.0. The van der Waals surface area contributed by atoms with Gasteiger partial charge in [0.1, 0.15) is 18.0 Å². The number of amides is 3. The van der Waals surface area contributed by atoms with E-state index in [0.29, 0.717) is 36.4 Å². The minimum absolute atomic E-state index is 0.263. The van der Waals surface area contributed by atoms with E-state index in [1.54, 1.807) is 21.3 Å². The molecule has 0 saturated carbocycles. The minimum Gasteiger partial charge on any atom is -0.497 e. The Balaban J connectivity index is 1.79. The van der Waals surface area contributed by atoms with E-state index < -0.39 is 6.04 Å². The Bertz CT molecular complexity index is 878. The van der Waals surface area contributed by atoms with Crippen LogP contribution < -0.4 is 14.4 Å². The zero-order chi connectivity index (χ0) is 18.6. The van der Waals surface area contributed by atoms with Gasteiger partial charge >= 0.3 is 12.0 Å². The molecule has 1 fully saturated rings. The molecule has 1 saturated heterocycles. The van der Waals surface area contributed by atoms with Crippen molar-refractivity contribution in [3.8, 4) is 11.5 Å². The Morgan fingerprint density at radius 1 is 1.15 bits per heavy atom. The van der Waals surface area contributed by atoms with Crippen LogP contribution in [0.1, 0.15) is 0 Å². The number of ether oxygens (including phenoxy) is 2. The molecule has 0 bridgehead atoms. The predicted octanol–water partition coefficient (Wildman–Crippen LogP) is 0.197. The third-order valence-corrected chi connectivity index (χ3v) is 4.99. The monoisotopic (exact) mass is 358 g/mol. The third-order valence-electron chi connectivity index (χ3n) is 4.99. The van der Waals surface area contributed by atoms with E-state index in [-0.39, 0.29) is 11.9 Å². The minimum atomic E-state index is -0.570. The number of amidine groups is 1. The summed E-state index contributed by atoms with van der Waals surface area (Å²) in [5.74, 6) is 2.22. The van der Waals surface area contributed by atoms with E-state index in [2.05, 4.69) is 4.99 Å². The molecule has 1 aromatic rings. The predicted molar refractivity (Wildman–Crippen MR) is 94.2 cm³/mol. The summed E-state index contributed by atoms with van der Waals surface area (Å²) >= 11 is 0. The van der Waals surface area contributed by atoms with Crippen molar-refractivity contribution < 1.29 is 23.6 Å². The highest BCUT2D eigenvalue weighted by molar-refractivity contribution is 6.24. The lowest BCUT2D eigenvalue weighted by Gasteiger charge is -2.31. The molecule has 1 atom stereocenters. The number of carbonyl (C=O) groups is 2. The second-order valence-electron chi connectivity index (χ2n) is 6.29. The van der Waals surface area contributed by atoms with Crippen LogP contribution in [0.2, 0.25) is 0 Å². The van der Waals surface area contributed by atoms with Crippen LogP contribution in [0.15, 0.2) is 23.2 Å². The van der Waals surface area contributed by atoms with Crippen molar-refractivity contribution in [3.05, 3.63) is 18.2 Å². The molecule has 0 aromatic heterocycles. The number of aliphatic imine (C=N–C) groups is 1. The van der Waals surface area contributed by atoms with E-state index in [0.717, 1.165) is 10.6 Å². The third kappa shape index (κ3) is 2.09. The van der Waals surface area contributed by atoms with Gasteiger partial charge in [-0.3, -0.25) is 14.6 Å². The SMILES string of the molecule is COc1ccc(OC)c(N2CC[N+]3=C2N=C2C3C(=O)N(C)C(=O)N2C)c1. The summed E-state index contributed by atoms with van der Waals surface area (Å²) in [6.45, 7) is 1.27. The maximum Gasteiger partial charge on any atom is 0.397 e. The van der Waals surface area contributed by atoms with E-state index in [1.807, 2.05) is 27.7 Å². The van der Waals surface area contributed by atoms with Gasteiger partial charge in [-0.05, 0) is 12.1 Å². The van der Waals surface area contributed by atoms with Gasteiger partial charge in [-0.1, -0.05) is 4.99 Å². The molecule has 3 aliphatic heterocycles. The van der Waals surface area contributed by atoms with Crippen LogP contribution in [0.4, 0.5) is 10.5 Å². The molecule has 0 aliphatic carbocycles. The number of nitrogens with zero attached hydrogens (tertiary/aromatic N) is 5. The summed E-state index contributed by atoms with van der Waals surface area (Å²) in [5, 5.41) is 0. The molecule has 4 rings (SSSR count). The number of benzene rings is 1. The van der Waals surface area contributed by atoms with Crippen LogP contribution in [0, 0.1) is 0 Å². The molecular formula is C17H20N5O4+. The molecule has 1 unspecified atom stereocenters. The van der Waals surface area contributed by atoms with Gasteiger partial charge in [-0.15, -0.1) is 0 Å². The number of rotatable bonds is 3. The first-order valence-electron chi connectivity index (χ1n) is 8.25. The normalized spacial score (nSPS) is 21.9. The molecule has 3 heterocycles. The molecule has 3 aliphatic rings. The number of guanidine groups is 1. The Labute approximate surface area is 150 Å². The van der Waals surface area contributed by atoms with Gasteiger partial charge in [0.2, 0.25) is 11.9 Å². The van der Waals surface area contributed by atoms with Crippen molar-refractivity contribution >= 4 is 29.4 Å². The topological polar surface area (TPSA) is 77.7 Å². The Hall–Kier alpha value is -3.10. The fraction of sp³-hybridized carbons (Fsp3) is 0.412. The van der Waals surface area contributed by atoms with Crippen molar-refractivity contribution in [2.24, 2.45) is 4.99 Å². The molecular weight excluding hydrogens is 338 g/mol. The number of fused-ring (bicyclic) bond motifs is 2. The maximum atomic E-state index is 12.7. The lowest BCUT2D eigenvalue weighted by atomic mass is 10.1. The molecule has 26 heavy (non-hydrogen) atoms. The zero-order valence-electron chi connectivity index (χ0n) is 15.1. The highest BCUT2D eigenvalue weighted by Crippen LogP contribution is 2.35. The van der Waals surface area contributed by atoms with Gasteiger partial charge in [-0.2, -0.15) is 0 Å². The Morgan fingerprint density at radius 3 is 2.62 bits per heavy atom. The molecule has 9 heteroatoms. The lowest BCUT2D eigenvalue weighted by molar-refractivity contribution is -0.525. The van der Waals surface area contributed by atoms with Crippen LogP contribution in [-0.2, 0) is 4.79 Å². The smallest absolute Gasteiger partial charge is 0.397 e. The van der Waals surface area contributed by atoms with Crippen molar-refractivity contribution in [1.29, 1.82) is 0 Å². The number of urea groups is 1. The average molecular weight is 358 g/mol. The quantitative estimate of drug-likeness (QED) is 0.721. The van der Waals surface area contributed by atoms with Gasteiger partial charge in [0.05, 0.1) is 20.8 Å². The first kappa shape index (κ1) is 16.4. The van der Waals surface area contributed by atoms with Crippen molar-refractivity contribution in [3.63, 3.8) is 0 Å². The van der Waals surface area contributed by atoms with Crippen molar-refractivity contribution in [2.45, 2.75) is 6.04 Å². The number of hydrogen-bond acceptors (Lipinski definition) is 6. The van der Waals surface area contributed by atoms with E-state index in [9.17, 15) is 9.59 Å². The standard InChI is InChI=1S/C17H20N5O4/c1-19-14-13(15(23)20(2)17(19)24)22-8-7-21(16(22)18-14)11-9-10(25-3)5-6-12(11)26-4/h5-6,9,13H,7-8H2,1-4H3/q+1. The second kappa shape index (κ2) is 5.72. The fourth-order valence-electron chi connectivity index (χ4n) is 3.57. The fourth-order valence-corrected chi connectivity index (χ4v) is 3.57. The van der Waals surface area contributed by atoms with E-state index in [4.69, 9.17) is 9.47 Å². The summed E-state index contributed by atoms with van der Waals surface area (Å²) < 4.78 is 12.7. The first-order chi connectivity index (χ1) is 12.5. The molecule has 0 spiro atoms. The number of likely N-dealkylation sites (N-methyl/N-ethyl adjacent to an activating group) is 2. The number of hydrogen-bond donors (Lipinski definition) is 0. The summed E-state index contributed by atoms with van der Waals surface area (Å²) in [6.07, 6.45) is 0. The van der Waals surface area contributed by atoms with Crippen molar-refractivity contribution in [1.82, 2.24) is 9.80 Å². The molecule has 9 nitrogen and oxygen atoms in total. The van der Waals surface area contributed by atoms with Gasteiger partial charge in [0, 0.05) is 20.2 Å². The van der Waals surface area contributed by atoms with Crippen LogP contribution in [0.25, 0.3) is 0 Å². The Morgan fingerprint density at radius 2 is 1.92 bits per heavy atom. The van der Waals surface area contributed by atoms with Gasteiger partial charge < -0.3 is 9.47 Å². The first-order valence-corrected chi connectivity index (χ1v) is 8.25. The average Bonchev–Trinajstić information content (AvgIpc) is 3.23. The van der Waals surface area contributed by atoms with Gasteiger partial charge in [-0.25, -0.2) is 14.3 Å². The molecule has 1 aromatic carbocycles. The van der Waals surface area contributed by atoms with Crippen LogP contribution in [-0.4, -0.2) is 85.6 Å². The van der Waals surface area contributed by atoms with Gasteiger partial charge in [0.15, 0.2) is 5.75 Å². The van der Waals surface area contributed by atoms with E-state index >= 15 is 0 Å². The van der Waals surface area contributed by atoms with Crippen molar-refractivity contribution in [2.75, 3.05) is 46.3 Å². The second-order valence-corrected chi connectivity index (χ2v) is 6.29. The number of anilines is 1. The Kier molecular flexibility index (Phi) is 3.60. The summed E-state index contributed by atoms with van der Waals surface area (Å²) in [6, 6.07) is 4.59. The van der Waals surface area contributed by atoms with Crippen LogP contribution in [0.5, 0.6) is 11.5 Å². The van der Waals surface area contributed by atoms with Crippen LogP contribution in [0.3, 0.4) is 0 Å². The molecule has 3 amide bonds. The molecule has 0 radical (unpaired) electrons. The van der Waals surface area contributed by atoms with E-state index in [1.165, 1.54) is 11.9 Å². The molecule has 0 N–H and O–H groups in total. The maximum absolute atomic E-state index is 12.7. The summed E-state index contributed by atoms with van der Waals surface area (Å²) in [5.41, 5.74) is 0.808. The highest BCUT2D eigenvalue weighted by Gasteiger charge is 2.54.